The first-order valence-electron chi connectivity index (χ1n) is 8.93. The molecule has 7 nitrogen and oxygen atoms in total. The monoisotopic (exact) mass is 334 g/mol. The van der Waals surface area contributed by atoms with E-state index in [9.17, 15) is 9.59 Å². The van der Waals surface area contributed by atoms with Gasteiger partial charge in [-0.25, -0.2) is 0 Å². The van der Waals surface area contributed by atoms with Crippen LogP contribution in [0.5, 0.6) is 0 Å². The summed E-state index contributed by atoms with van der Waals surface area (Å²) < 4.78 is 5.40. The molecule has 1 aromatic rings. The number of piperidine rings is 1. The molecule has 0 radical (unpaired) electrons. The minimum absolute atomic E-state index is 0.121. The summed E-state index contributed by atoms with van der Waals surface area (Å²) >= 11 is 0. The van der Waals surface area contributed by atoms with Crippen molar-refractivity contribution in [3.8, 4) is 0 Å². The second-order valence-corrected chi connectivity index (χ2v) is 7.06. The van der Waals surface area contributed by atoms with Gasteiger partial charge < -0.3 is 14.3 Å². The standard InChI is InChI=1S/C17H26N4O3/c1-12(2)16-18-17(24-19-16)13-6-7-15(23)21(11-13)10-4-9-20-8-3-5-14(20)22/h12-13H,3-11H2,1-2H3. The molecule has 3 rings (SSSR count). The zero-order chi connectivity index (χ0) is 17.1. The lowest BCUT2D eigenvalue weighted by molar-refractivity contribution is -0.134. The highest BCUT2D eigenvalue weighted by Crippen LogP contribution is 2.27. The predicted molar refractivity (Wildman–Crippen MR) is 87.4 cm³/mol. The molecule has 3 heterocycles. The SMILES string of the molecule is CC(C)c1noc(C2CCC(=O)N(CCCN3CCCC3=O)C2)n1. The van der Waals surface area contributed by atoms with Gasteiger partial charge >= 0.3 is 0 Å². The van der Waals surface area contributed by atoms with Gasteiger partial charge in [-0.15, -0.1) is 0 Å². The van der Waals surface area contributed by atoms with E-state index in [1.807, 2.05) is 23.6 Å². The van der Waals surface area contributed by atoms with Crippen LogP contribution in [0, 0.1) is 0 Å². The average molecular weight is 334 g/mol. The van der Waals surface area contributed by atoms with Gasteiger partial charge in [0.05, 0.1) is 5.92 Å². The Morgan fingerprint density at radius 2 is 1.92 bits per heavy atom. The molecule has 2 amide bonds. The Morgan fingerprint density at radius 3 is 2.58 bits per heavy atom. The third-order valence-electron chi connectivity index (χ3n) is 4.85. The fraction of sp³-hybridized carbons (Fsp3) is 0.765. The number of aromatic nitrogens is 2. The first-order chi connectivity index (χ1) is 11.5. The normalized spacial score (nSPS) is 22.0. The predicted octanol–water partition coefficient (Wildman–Crippen LogP) is 1.91. The third-order valence-corrected chi connectivity index (χ3v) is 4.85. The smallest absolute Gasteiger partial charge is 0.231 e. The maximum absolute atomic E-state index is 12.2. The lowest BCUT2D eigenvalue weighted by atomic mass is 9.97. The first kappa shape index (κ1) is 16.9. The molecule has 0 N–H and O–H groups in total. The quantitative estimate of drug-likeness (QED) is 0.794. The van der Waals surface area contributed by atoms with Crippen LogP contribution in [0.4, 0.5) is 0 Å². The van der Waals surface area contributed by atoms with Crippen molar-refractivity contribution in [3.05, 3.63) is 11.7 Å². The van der Waals surface area contributed by atoms with Crippen LogP contribution in [0.2, 0.25) is 0 Å². The summed E-state index contributed by atoms with van der Waals surface area (Å²) in [7, 11) is 0. The Hall–Kier alpha value is -1.92. The highest BCUT2D eigenvalue weighted by molar-refractivity contribution is 5.78. The lowest BCUT2D eigenvalue weighted by Gasteiger charge is -2.31. The van der Waals surface area contributed by atoms with Crippen LogP contribution >= 0.6 is 0 Å². The molecule has 2 fully saturated rings. The summed E-state index contributed by atoms with van der Waals surface area (Å²) in [5.74, 6) is 2.15. The molecule has 0 aromatic carbocycles. The molecule has 7 heteroatoms. The highest BCUT2D eigenvalue weighted by Gasteiger charge is 2.30. The molecule has 24 heavy (non-hydrogen) atoms. The molecule has 2 aliphatic rings. The zero-order valence-electron chi connectivity index (χ0n) is 14.5. The molecule has 0 spiro atoms. The molecule has 1 aromatic heterocycles. The Balaban J connectivity index is 1.53. The van der Waals surface area contributed by atoms with E-state index in [0.717, 1.165) is 38.2 Å². The number of carbonyl (C=O) groups is 2. The number of likely N-dealkylation sites (tertiary alicyclic amines) is 2. The number of amides is 2. The van der Waals surface area contributed by atoms with Crippen molar-refractivity contribution in [2.24, 2.45) is 0 Å². The highest BCUT2D eigenvalue weighted by atomic mass is 16.5. The molecule has 0 aliphatic carbocycles. The number of nitrogens with zero attached hydrogens (tertiary/aromatic N) is 4. The van der Waals surface area contributed by atoms with Crippen LogP contribution in [-0.2, 0) is 9.59 Å². The number of hydrogen-bond donors (Lipinski definition) is 0. The summed E-state index contributed by atoms with van der Waals surface area (Å²) in [6.07, 6.45) is 3.73. The van der Waals surface area contributed by atoms with Gasteiger partial charge in [-0.1, -0.05) is 19.0 Å². The third kappa shape index (κ3) is 3.76. The molecule has 1 atom stereocenters. The summed E-state index contributed by atoms with van der Waals surface area (Å²) in [4.78, 5) is 32.0. The number of carbonyl (C=O) groups excluding carboxylic acids is 2. The van der Waals surface area contributed by atoms with Crippen LogP contribution in [0.3, 0.4) is 0 Å². The lowest BCUT2D eigenvalue weighted by Crippen LogP contribution is -2.40. The fourth-order valence-electron chi connectivity index (χ4n) is 3.37. The molecular weight excluding hydrogens is 308 g/mol. The van der Waals surface area contributed by atoms with Gasteiger partial charge in [-0.3, -0.25) is 9.59 Å². The van der Waals surface area contributed by atoms with E-state index >= 15 is 0 Å². The van der Waals surface area contributed by atoms with Crippen molar-refractivity contribution >= 4 is 11.8 Å². The molecule has 0 saturated carbocycles. The topological polar surface area (TPSA) is 79.5 Å². The summed E-state index contributed by atoms with van der Waals surface area (Å²) in [5, 5.41) is 4.02. The second kappa shape index (κ2) is 7.32. The Bertz CT molecular complexity index is 598. The van der Waals surface area contributed by atoms with Crippen molar-refractivity contribution in [1.29, 1.82) is 0 Å². The largest absolute Gasteiger partial charge is 0.343 e. The second-order valence-electron chi connectivity index (χ2n) is 7.06. The maximum Gasteiger partial charge on any atom is 0.231 e. The van der Waals surface area contributed by atoms with Gasteiger partial charge in [-0.05, 0) is 19.3 Å². The van der Waals surface area contributed by atoms with E-state index in [0.29, 0.717) is 31.8 Å². The fourth-order valence-corrected chi connectivity index (χ4v) is 3.37. The summed E-state index contributed by atoms with van der Waals surface area (Å²) in [6, 6.07) is 0. The Kier molecular flexibility index (Phi) is 5.16. The molecular formula is C17H26N4O3. The van der Waals surface area contributed by atoms with Crippen LogP contribution in [0.15, 0.2) is 4.52 Å². The Morgan fingerprint density at radius 1 is 1.17 bits per heavy atom. The van der Waals surface area contributed by atoms with Gasteiger partial charge in [0, 0.05) is 44.9 Å². The van der Waals surface area contributed by atoms with Gasteiger partial charge in [0.1, 0.15) is 0 Å². The molecule has 1 unspecified atom stereocenters. The van der Waals surface area contributed by atoms with Gasteiger partial charge in [0.25, 0.3) is 0 Å². The first-order valence-corrected chi connectivity index (χ1v) is 8.93. The van der Waals surface area contributed by atoms with Crippen LogP contribution in [0.25, 0.3) is 0 Å². The average Bonchev–Trinajstić information content (AvgIpc) is 3.19. The van der Waals surface area contributed by atoms with E-state index < -0.39 is 0 Å². The zero-order valence-corrected chi connectivity index (χ0v) is 14.5. The Labute approximate surface area is 142 Å². The van der Waals surface area contributed by atoms with Crippen LogP contribution < -0.4 is 0 Å². The molecule has 0 bridgehead atoms. The van der Waals surface area contributed by atoms with Crippen molar-refractivity contribution in [1.82, 2.24) is 19.9 Å². The van der Waals surface area contributed by atoms with Gasteiger partial charge in [0.15, 0.2) is 5.82 Å². The number of rotatable bonds is 6. The van der Waals surface area contributed by atoms with Crippen LogP contribution in [-0.4, -0.2) is 57.9 Å². The van der Waals surface area contributed by atoms with Crippen molar-refractivity contribution in [2.75, 3.05) is 26.2 Å². The number of hydrogen-bond acceptors (Lipinski definition) is 5. The minimum atomic E-state index is 0.121. The van der Waals surface area contributed by atoms with Gasteiger partial charge in [0.2, 0.25) is 17.7 Å². The van der Waals surface area contributed by atoms with Crippen molar-refractivity contribution < 1.29 is 14.1 Å². The molecule has 2 aliphatic heterocycles. The summed E-state index contributed by atoms with van der Waals surface area (Å²) in [6.45, 7) is 6.98. The van der Waals surface area contributed by atoms with Crippen molar-refractivity contribution in [2.45, 2.75) is 57.8 Å². The molecule has 132 valence electrons. The van der Waals surface area contributed by atoms with E-state index in [1.54, 1.807) is 0 Å². The van der Waals surface area contributed by atoms with E-state index in [4.69, 9.17) is 4.52 Å². The summed E-state index contributed by atoms with van der Waals surface area (Å²) in [5.41, 5.74) is 0. The van der Waals surface area contributed by atoms with Crippen molar-refractivity contribution in [3.63, 3.8) is 0 Å². The van der Waals surface area contributed by atoms with E-state index in [2.05, 4.69) is 10.1 Å². The van der Waals surface area contributed by atoms with Gasteiger partial charge in [-0.2, -0.15) is 4.98 Å². The van der Waals surface area contributed by atoms with E-state index in [-0.39, 0.29) is 23.7 Å². The maximum atomic E-state index is 12.2. The van der Waals surface area contributed by atoms with E-state index in [1.165, 1.54) is 0 Å². The molecule has 2 saturated heterocycles. The van der Waals surface area contributed by atoms with Crippen LogP contribution in [0.1, 0.15) is 69.5 Å². The minimum Gasteiger partial charge on any atom is -0.343 e.